The minimum absolute atomic E-state index is 0.0324. The number of likely N-dealkylation sites (N-methyl/N-ethyl adjacent to an activating group) is 1. The van der Waals surface area contributed by atoms with E-state index in [1.807, 2.05) is 30.3 Å². The lowest BCUT2D eigenvalue weighted by Crippen LogP contribution is -2.48. The fourth-order valence-corrected chi connectivity index (χ4v) is 9.05. The summed E-state index contributed by atoms with van der Waals surface area (Å²) >= 11 is 4.29. The van der Waals surface area contributed by atoms with E-state index in [1.165, 1.54) is 30.8 Å². The average Bonchev–Trinajstić information content (AvgIpc) is 3.16. The van der Waals surface area contributed by atoms with Crippen LogP contribution in [-0.2, 0) is 20.9 Å². The molecule has 2 atom stereocenters. The van der Waals surface area contributed by atoms with Crippen LogP contribution in [0.4, 0.5) is 0 Å². The Morgan fingerprint density at radius 2 is 1.75 bits per heavy atom. The summed E-state index contributed by atoms with van der Waals surface area (Å²) in [5.41, 5.74) is 1.07. The minimum Gasteiger partial charge on any atom is -0.455 e. The molecule has 1 saturated heterocycles. The highest BCUT2D eigenvalue weighted by Gasteiger charge is 2.55. The molecule has 0 N–H and O–H groups in total. The summed E-state index contributed by atoms with van der Waals surface area (Å²) in [6.45, 7) is 0.379. The van der Waals surface area contributed by atoms with Gasteiger partial charge in [0.05, 0.1) is 10.00 Å². The molecule has 1 heterocycles. The van der Waals surface area contributed by atoms with Crippen molar-refractivity contribution in [1.29, 1.82) is 0 Å². The molecule has 2 aliphatic carbocycles. The van der Waals surface area contributed by atoms with Gasteiger partial charge in [0, 0.05) is 25.1 Å². The van der Waals surface area contributed by atoms with Crippen molar-refractivity contribution in [2.45, 2.75) is 42.7 Å². The van der Waals surface area contributed by atoms with Gasteiger partial charge in [0.15, 0.2) is 6.61 Å². The highest BCUT2D eigenvalue weighted by Crippen LogP contribution is 2.64. The van der Waals surface area contributed by atoms with Crippen molar-refractivity contribution >= 4 is 35.4 Å². The standard InChI is InChI=1S/C22H29NO3S2/c1-23(14-16-6-3-2-4-7-16)20(24)15-26-21(25)17-12-18-8-5-9-19(13-17)22(18)27-10-11-28-22/h2-4,6-7,17-19H,5,8-15H2,1H3. The monoisotopic (exact) mass is 419 g/mol. The third-order valence-electron chi connectivity index (χ3n) is 6.48. The molecule has 28 heavy (non-hydrogen) atoms. The third kappa shape index (κ3) is 4.09. The smallest absolute Gasteiger partial charge is 0.309 e. The van der Waals surface area contributed by atoms with Crippen molar-refractivity contribution in [2.75, 3.05) is 25.2 Å². The second-order valence-corrected chi connectivity index (χ2v) is 11.3. The number of benzene rings is 1. The van der Waals surface area contributed by atoms with Gasteiger partial charge >= 0.3 is 5.97 Å². The molecule has 2 saturated carbocycles. The fourth-order valence-electron chi connectivity index (χ4n) is 5.11. The lowest BCUT2D eigenvalue weighted by atomic mass is 9.67. The zero-order valence-electron chi connectivity index (χ0n) is 16.5. The third-order valence-corrected chi connectivity index (χ3v) is 10.5. The van der Waals surface area contributed by atoms with Gasteiger partial charge in [0.25, 0.3) is 5.91 Å². The van der Waals surface area contributed by atoms with E-state index in [9.17, 15) is 9.59 Å². The van der Waals surface area contributed by atoms with Crippen LogP contribution in [0.5, 0.6) is 0 Å². The van der Waals surface area contributed by atoms with Crippen molar-refractivity contribution in [2.24, 2.45) is 17.8 Å². The van der Waals surface area contributed by atoms with Gasteiger partial charge in [-0.2, -0.15) is 0 Å². The Morgan fingerprint density at radius 3 is 2.39 bits per heavy atom. The molecular formula is C22H29NO3S2. The summed E-state index contributed by atoms with van der Waals surface area (Å²) in [5, 5.41) is 0. The van der Waals surface area contributed by atoms with Gasteiger partial charge in [-0.1, -0.05) is 36.8 Å². The van der Waals surface area contributed by atoms with E-state index in [0.717, 1.165) is 18.4 Å². The van der Waals surface area contributed by atoms with Crippen molar-refractivity contribution in [3.8, 4) is 0 Å². The van der Waals surface area contributed by atoms with Gasteiger partial charge in [-0.15, -0.1) is 23.5 Å². The number of rotatable bonds is 5. The first kappa shape index (κ1) is 20.1. The Morgan fingerprint density at radius 1 is 1.11 bits per heavy atom. The van der Waals surface area contributed by atoms with E-state index >= 15 is 0 Å². The molecule has 2 bridgehead atoms. The zero-order valence-corrected chi connectivity index (χ0v) is 18.1. The van der Waals surface area contributed by atoms with Crippen LogP contribution >= 0.6 is 23.5 Å². The second-order valence-electron chi connectivity index (χ2n) is 8.25. The molecule has 2 unspecified atom stereocenters. The maximum Gasteiger partial charge on any atom is 0.309 e. The number of nitrogens with zero attached hydrogens (tertiary/aromatic N) is 1. The molecule has 4 nitrogen and oxygen atoms in total. The van der Waals surface area contributed by atoms with E-state index in [4.69, 9.17) is 4.74 Å². The van der Waals surface area contributed by atoms with Gasteiger partial charge in [0.1, 0.15) is 0 Å². The Bertz CT molecular complexity index is 689. The summed E-state index contributed by atoms with van der Waals surface area (Å²) in [6, 6.07) is 9.86. The van der Waals surface area contributed by atoms with Crippen molar-refractivity contribution in [3.63, 3.8) is 0 Å². The largest absolute Gasteiger partial charge is 0.455 e. The van der Waals surface area contributed by atoms with E-state index in [2.05, 4.69) is 23.5 Å². The molecule has 3 aliphatic rings. The van der Waals surface area contributed by atoms with Crippen molar-refractivity contribution in [1.82, 2.24) is 4.90 Å². The molecular weight excluding hydrogens is 390 g/mol. The number of thioether (sulfide) groups is 2. The predicted molar refractivity (Wildman–Crippen MR) is 115 cm³/mol. The lowest BCUT2D eigenvalue weighted by molar-refractivity contribution is -0.157. The predicted octanol–water partition coefficient (Wildman–Crippen LogP) is 4.19. The Kier molecular flexibility index (Phi) is 6.26. The number of carbonyl (C=O) groups is 2. The highest BCUT2D eigenvalue weighted by atomic mass is 32.2. The van der Waals surface area contributed by atoms with Crippen LogP contribution in [-0.4, -0.2) is 46.0 Å². The molecule has 1 aromatic carbocycles. The molecule has 1 amide bonds. The van der Waals surface area contributed by atoms with E-state index in [1.54, 1.807) is 11.9 Å². The van der Waals surface area contributed by atoms with Crippen LogP contribution in [0.25, 0.3) is 0 Å². The summed E-state index contributed by atoms with van der Waals surface area (Å²) in [6.07, 6.45) is 5.63. The number of ether oxygens (including phenoxy) is 1. The molecule has 1 aromatic rings. The minimum atomic E-state index is -0.166. The van der Waals surface area contributed by atoms with E-state index in [-0.39, 0.29) is 24.4 Å². The topological polar surface area (TPSA) is 46.6 Å². The Balaban J connectivity index is 1.29. The number of amides is 1. The van der Waals surface area contributed by atoms with Gasteiger partial charge < -0.3 is 9.64 Å². The van der Waals surface area contributed by atoms with Crippen LogP contribution < -0.4 is 0 Å². The Labute approximate surface area is 176 Å². The maximum absolute atomic E-state index is 12.7. The first-order valence-electron chi connectivity index (χ1n) is 10.3. The van der Waals surface area contributed by atoms with Crippen LogP contribution in [0.1, 0.15) is 37.7 Å². The van der Waals surface area contributed by atoms with E-state index in [0.29, 0.717) is 22.5 Å². The lowest BCUT2D eigenvalue weighted by Gasteiger charge is -2.51. The average molecular weight is 420 g/mol. The first-order chi connectivity index (χ1) is 13.6. The normalized spacial score (nSPS) is 28.1. The molecule has 3 fully saturated rings. The quantitative estimate of drug-likeness (QED) is 0.670. The van der Waals surface area contributed by atoms with Crippen molar-refractivity contribution in [3.05, 3.63) is 35.9 Å². The molecule has 0 aromatic heterocycles. The summed E-state index contributed by atoms with van der Waals surface area (Å²) in [5.74, 6) is 3.38. The van der Waals surface area contributed by atoms with Crippen LogP contribution in [0.3, 0.4) is 0 Å². The van der Waals surface area contributed by atoms with Gasteiger partial charge in [0.2, 0.25) is 0 Å². The number of carbonyl (C=O) groups excluding carboxylic acids is 2. The van der Waals surface area contributed by atoms with E-state index < -0.39 is 0 Å². The number of esters is 1. The molecule has 1 spiro atoms. The van der Waals surface area contributed by atoms with Gasteiger partial charge in [-0.05, 0) is 43.1 Å². The van der Waals surface area contributed by atoms with Crippen LogP contribution in [0.2, 0.25) is 0 Å². The number of hydrogen-bond acceptors (Lipinski definition) is 5. The van der Waals surface area contributed by atoms with Gasteiger partial charge in [-0.3, -0.25) is 9.59 Å². The fraction of sp³-hybridized carbons (Fsp3) is 0.636. The summed E-state index contributed by atoms with van der Waals surface area (Å²) < 4.78 is 5.84. The SMILES string of the molecule is CN(Cc1ccccc1)C(=O)COC(=O)C1CC2CCCC(C1)C21SCCS1. The summed E-state index contributed by atoms with van der Waals surface area (Å²) in [7, 11) is 1.76. The Hall–Kier alpha value is -1.14. The highest BCUT2D eigenvalue weighted by molar-refractivity contribution is 8.21. The molecule has 4 rings (SSSR count). The van der Waals surface area contributed by atoms with Gasteiger partial charge in [-0.25, -0.2) is 0 Å². The molecule has 6 heteroatoms. The van der Waals surface area contributed by atoms with Crippen LogP contribution in [0.15, 0.2) is 30.3 Å². The molecule has 1 aliphatic heterocycles. The molecule has 152 valence electrons. The second kappa shape index (κ2) is 8.70. The zero-order chi connectivity index (χ0) is 19.6. The molecule has 0 radical (unpaired) electrons. The first-order valence-corrected chi connectivity index (χ1v) is 12.3. The number of hydrogen-bond donors (Lipinski definition) is 0. The summed E-state index contributed by atoms with van der Waals surface area (Å²) in [4.78, 5) is 26.7. The van der Waals surface area contributed by atoms with Crippen molar-refractivity contribution < 1.29 is 14.3 Å². The maximum atomic E-state index is 12.7. The van der Waals surface area contributed by atoms with Crippen LogP contribution in [0, 0.1) is 17.8 Å².